The van der Waals surface area contributed by atoms with Gasteiger partial charge in [-0.05, 0) is 17.9 Å². The number of anilines is 1. The molecule has 0 fully saturated rings. The zero-order valence-corrected chi connectivity index (χ0v) is 11.6. The van der Waals surface area contributed by atoms with E-state index in [0.717, 1.165) is 13.1 Å². The van der Waals surface area contributed by atoms with Gasteiger partial charge in [-0.1, -0.05) is 39.3 Å². The Morgan fingerprint density at radius 1 is 1.24 bits per heavy atom. The fourth-order valence-electron chi connectivity index (χ4n) is 1.77. The summed E-state index contributed by atoms with van der Waals surface area (Å²) >= 11 is 5.71. The maximum atomic E-state index is 13.8. The zero-order chi connectivity index (χ0) is 13.0. The van der Waals surface area contributed by atoms with Crippen LogP contribution in [0.5, 0.6) is 0 Å². The van der Waals surface area contributed by atoms with Crippen LogP contribution in [0.2, 0.25) is 5.02 Å². The van der Waals surface area contributed by atoms with Crippen LogP contribution in [-0.2, 0) is 0 Å². The highest BCUT2D eigenvalue weighted by molar-refractivity contribution is 6.30. The van der Waals surface area contributed by atoms with Gasteiger partial charge in [0, 0.05) is 19.3 Å². The first-order valence-electron chi connectivity index (χ1n) is 5.96. The first-order chi connectivity index (χ1) is 7.90. The van der Waals surface area contributed by atoms with Gasteiger partial charge in [0.05, 0.1) is 5.02 Å². The average Bonchev–Trinajstić information content (AvgIpc) is 2.14. The minimum absolute atomic E-state index is 0.334. The van der Waals surface area contributed by atoms with Crippen molar-refractivity contribution >= 4 is 17.4 Å². The van der Waals surface area contributed by atoms with E-state index in [4.69, 9.17) is 11.6 Å². The van der Waals surface area contributed by atoms with Gasteiger partial charge < -0.3 is 4.90 Å². The smallest absolute Gasteiger partial charge is 0.167 e. The third-order valence-electron chi connectivity index (χ3n) is 2.26. The highest BCUT2D eigenvalue weighted by Crippen LogP contribution is 2.21. The van der Waals surface area contributed by atoms with Gasteiger partial charge in [-0.2, -0.15) is 0 Å². The maximum absolute atomic E-state index is 13.8. The fraction of sp³-hybridized carbons (Fsp3) is 0.615. The van der Waals surface area contributed by atoms with Crippen LogP contribution < -0.4 is 4.90 Å². The summed E-state index contributed by atoms with van der Waals surface area (Å²) in [5.41, 5.74) is 0. The van der Waals surface area contributed by atoms with Crippen LogP contribution in [0, 0.1) is 17.7 Å². The first kappa shape index (κ1) is 14.2. The largest absolute Gasteiger partial charge is 0.354 e. The molecule has 1 heterocycles. The molecule has 0 amide bonds. The standard InChI is InChI=1S/C13H20ClFN2/c1-9(2)7-17(8-10(3)4)13-12(15)5-11(14)6-16-13/h5-6,9-10H,7-8H2,1-4H3. The summed E-state index contributed by atoms with van der Waals surface area (Å²) in [6.45, 7) is 10.0. The van der Waals surface area contributed by atoms with Crippen molar-refractivity contribution in [3.05, 3.63) is 23.1 Å². The van der Waals surface area contributed by atoms with E-state index in [1.54, 1.807) is 0 Å². The van der Waals surface area contributed by atoms with Gasteiger partial charge in [-0.3, -0.25) is 0 Å². The Morgan fingerprint density at radius 3 is 2.18 bits per heavy atom. The first-order valence-corrected chi connectivity index (χ1v) is 6.34. The Hall–Kier alpha value is -0.830. The molecule has 0 N–H and O–H groups in total. The Labute approximate surface area is 108 Å². The monoisotopic (exact) mass is 258 g/mol. The molecule has 0 aliphatic heterocycles. The number of nitrogens with zero attached hydrogens (tertiary/aromatic N) is 2. The Bertz CT molecular complexity index is 356. The second kappa shape index (κ2) is 6.20. The summed E-state index contributed by atoms with van der Waals surface area (Å²) in [6, 6.07) is 1.32. The number of hydrogen-bond acceptors (Lipinski definition) is 2. The van der Waals surface area contributed by atoms with E-state index in [-0.39, 0.29) is 5.82 Å². The lowest BCUT2D eigenvalue weighted by Gasteiger charge is -2.27. The van der Waals surface area contributed by atoms with E-state index in [0.29, 0.717) is 22.7 Å². The van der Waals surface area contributed by atoms with Crippen LogP contribution in [0.4, 0.5) is 10.2 Å². The van der Waals surface area contributed by atoms with Crippen LogP contribution in [0.3, 0.4) is 0 Å². The number of aromatic nitrogens is 1. The van der Waals surface area contributed by atoms with E-state index >= 15 is 0 Å². The van der Waals surface area contributed by atoms with E-state index in [9.17, 15) is 4.39 Å². The molecule has 0 saturated heterocycles. The van der Waals surface area contributed by atoms with Crippen molar-refractivity contribution in [2.45, 2.75) is 27.7 Å². The van der Waals surface area contributed by atoms with Crippen molar-refractivity contribution in [3.8, 4) is 0 Å². The van der Waals surface area contributed by atoms with Crippen LogP contribution in [0.25, 0.3) is 0 Å². The van der Waals surface area contributed by atoms with Crippen molar-refractivity contribution in [1.82, 2.24) is 4.98 Å². The van der Waals surface area contributed by atoms with Gasteiger partial charge in [0.1, 0.15) is 0 Å². The summed E-state index contributed by atoms with van der Waals surface area (Å²) in [4.78, 5) is 6.09. The third-order valence-corrected chi connectivity index (χ3v) is 2.47. The minimum atomic E-state index is -0.348. The molecule has 2 nitrogen and oxygen atoms in total. The van der Waals surface area contributed by atoms with Gasteiger partial charge in [0.25, 0.3) is 0 Å². The SMILES string of the molecule is CC(C)CN(CC(C)C)c1ncc(Cl)cc1F. The summed E-state index contributed by atoms with van der Waals surface area (Å²) in [5, 5.41) is 0.334. The van der Waals surface area contributed by atoms with E-state index in [2.05, 4.69) is 32.7 Å². The molecule has 0 unspecified atom stereocenters. The molecule has 4 heteroatoms. The summed E-state index contributed by atoms with van der Waals surface area (Å²) in [6.07, 6.45) is 1.49. The molecule has 0 saturated carbocycles. The molecule has 0 aliphatic rings. The molecule has 1 rings (SSSR count). The Balaban J connectivity index is 2.95. The van der Waals surface area contributed by atoms with Crippen molar-refractivity contribution in [2.75, 3.05) is 18.0 Å². The third kappa shape index (κ3) is 4.50. The summed E-state index contributed by atoms with van der Waals surface area (Å²) in [7, 11) is 0. The van der Waals surface area contributed by atoms with E-state index < -0.39 is 0 Å². The normalized spacial score (nSPS) is 11.3. The quantitative estimate of drug-likeness (QED) is 0.794. The Kier molecular flexibility index (Phi) is 5.19. The predicted molar refractivity (Wildman–Crippen MR) is 71.1 cm³/mol. The molecule has 1 aromatic heterocycles. The lowest BCUT2D eigenvalue weighted by molar-refractivity contribution is 0.531. The number of rotatable bonds is 5. The zero-order valence-electron chi connectivity index (χ0n) is 10.9. The van der Waals surface area contributed by atoms with Crippen LogP contribution in [0.15, 0.2) is 12.3 Å². The molecule has 0 atom stereocenters. The van der Waals surface area contributed by atoms with Gasteiger partial charge in [0.15, 0.2) is 11.6 Å². The molecule has 17 heavy (non-hydrogen) atoms. The summed E-state index contributed by atoms with van der Waals surface area (Å²) < 4.78 is 13.8. The topological polar surface area (TPSA) is 16.1 Å². The van der Waals surface area contributed by atoms with Gasteiger partial charge in [-0.15, -0.1) is 0 Å². The Morgan fingerprint density at radius 2 is 1.76 bits per heavy atom. The lowest BCUT2D eigenvalue weighted by atomic mass is 10.1. The molecule has 0 spiro atoms. The second-order valence-corrected chi connectivity index (χ2v) is 5.59. The van der Waals surface area contributed by atoms with Crippen molar-refractivity contribution < 1.29 is 4.39 Å². The van der Waals surface area contributed by atoms with Crippen molar-refractivity contribution in [3.63, 3.8) is 0 Å². The predicted octanol–water partition coefficient (Wildman–Crippen LogP) is 3.99. The molecule has 0 bridgehead atoms. The van der Waals surface area contributed by atoms with E-state index in [1.807, 2.05) is 4.90 Å². The molecular formula is C13H20ClFN2. The number of hydrogen-bond donors (Lipinski definition) is 0. The van der Waals surface area contributed by atoms with Gasteiger partial charge in [-0.25, -0.2) is 9.37 Å². The van der Waals surface area contributed by atoms with Crippen molar-refractivity contribution in [1.29, 1.82) is 0 Å². The van der Waals surface area contributed by atoms with Crippen LogP contribution >= 0.6 is 11.6 Å². The maximum Gasteiger partial charge on any atom is 0.167 e. The molecule has 0 aliphatic carbocycles. The minimum Gasteiger partial charge on any atom is -0.354 e. The van der Waals surface area contributed by atoms with Crippen molar-refractivity contribution in [2.24, 2.45) is 11.8 Å². The number of pyridine rings is 1. The van der Waals surface area contributed by atoms with Gasteiger partial charge >= 0.3 is 0 Å². The highest BCUT2D eigenvalue weighted by Gasteiger charge is 2.16. The molecule has 96 valence electrons. The molecule has 0 aromatic carbocycles. The lowest BCUT2D eigenvalue weighted by Crippen LogP contribution is -2.32. The summed E-state index contributed by atoms with van der Waals surface area (Å²) in [5.74, 6) is 0.979. The number of halogens is 2. The molecular weight excluding hydrogens is 239 g/mol. The van der Waals surface area contributed by atoms with E-state index in [1.165, 1.54) is 12.3 Å². The van der Waals surface area contributed by atoms with Gasteiger partial charge in [0.2, 0.25) is 0 Å². The van der Waals surface area contributed by atoms with Crippen LogP contribution in [-0.4, -0.2) is 18.1 Å². The molecule has 0 radical (unpaired) electrons. The fourth-order valence-corrected chi connectivity index (χ4v) is 1.91. The highest BCUT2D eigenvalue weighted by atomic mass is 35.5. The molecule has 1 aromatic rings. The van der Waals surface area contributed by atoms with Crippen LogP contribution in [0.1, 0.15) is 27.7 Å². The average molecular weight is 259 g/mol. The second-order valence-electron chi connectivity index (χ2n) is 5.15.